The molecule has 0 fully saturated rings. The highest BCUT2D eigenvalue weighted by Gasteiger charge is 2.28. The molecule has 1 aliphatic rings. The predicted molar refractivity (Wildman–Crippen MR) is 77.3 cm³/mol. The van der Waals surface area contributed by atoms with Gasteiger partial charge in [0.25, 0.3) is 0 Å². The van der Waals surface area contributed by atoms with E-state index in [2.05, 4.69) is 0 Å². The van der Waals surface area contributed by atoms with Gasteiger partial charge < -0.3 is 14.6 Å². The van der Waals surface area contributed by atoms with Crippen molar-refractivity contribution in [3.8, 4) is 11.5 Å². The van der Waals surface area contributed by atoms with E-state index in [1.807, 2.05) is 49.4 Å². The molecule has 0 amide bonds. The highest BCUT2D eigenvalue weighted by molar-refractivity contribution is 5.48. The molecule has 0 aliphatic carbocycles. The van der Waals surface area contributed by atoms with Gasteiger partial charge in [-0.05, 0) is 42.7 Å². The summed E-state index contributed by atoms with van der Waals surface area (Å²) in [6.07, 6.45) is 0. The van der Waals surface area contributed by atoms with Gasteiger partial charge in [-0.25, -0.2) is 0 Å². The molecular weight excluding hydrogens is 252 g/mol. The molecule has 1 unspecified atom stereocenters. The van der Waals surface area contributed by atoms with Crippen molar-refractivity contribution in [2.75, 3.05) is 13.2 Å². The molecule has 2 aromatic carbocycles. The van der Waals surface area contributed by atoms with Gasteiger partial charge in [0, 0.05) is 0 Å². The number of fused-ring (bicyclic) bond motifs is 1. The lowest BCUT2D eigenvalue weighted by Gasteiger charge is -2.28. The Bertz CT molecular complexity index is 632. The van der Waals surface area contributed by atoms with Crippen molar-refractivity contribution in [3.63, 3.8) is 0 Å². The lowest BCUT2D eigenvalue weighted by atomic mass is 9.85. The fourth-order valence-electron chi connectivity index (χ4n) is 2.62. The van der Waals surface area contributed by atoms with Crippen molar-refractivity contribution in [2.24, 2.45) is 0 Å². The van der Waals surface area contributed by atoms with Gasteiger partial charge in [-0.15, -0.1) is 0 Å². The van der Waals surface area contributed by atoms with Crippen LogP contribution < -0.4 is 9.47 Å². The van der Waals surface area contributed by atoms with Gasteiger partial charge in [-0.1, -0.05) is 30.3 Å². The van der Waals surface area contributed by atoms with Crippen LogP contribution in [0.3, 0.4) is 0 Å². The van der Waals surface area contributed by atoms with E-state index in [1.54, 1.807) is 6.92 Å². The van der Waals surface area contributed by atoms with Crippen LogP contribution >= 0.6 is 0 Å². The molecule has 20 heavy (non-hydrogen) atoms. The third-order valence-corrected chi connectivity index (χ3v) is 3.77. The summed E-state index contributed by atoms with van der Waals surface area (Å²) >= 11 is 0. The number of aliphatic hydroxyl groups is 1. The van der Waals surface area contributed by atoms with Crippen LogP contribution in [0.15, 0.2) is 42.5 Å². The first-order valence-corrected chi connectivity index (χ1v) is 6.77. The Morgan fingerprint density at radius 1 is 1.00 bits per heavy atom. The standard InChI is InChI=1S/C17H18O3/c1-12-5-3-4-6-14(12)17(2,18)13-7-8-15-16(11-13)20-10-9-19-15/h3-8,11,18H,9-10H2,1-2H3. The molecular formula is C17H18O3. The first-order chi connectivity index (χ1) is 9.59. The van der Waals surface area contributed by atoms with Crippen molar-refractivity contribution < 1.29 is 14.6 Å². The molecule has 2 aromatic rings. The molecule has 1 aliphatic heterocycles. The summed E-state index contributed by atoms with van der Waals surface area (Å²) in [4.78, 5) is 0. The fraction of sp³-hybridized carbons (Fsp3) is 0.294. The zero-order chi connectivity index (χ0) is 14.2. The van der Waals surface area contributed by atoms with Gasteiger partial charge >= 0.3 is 0 Å². The Morgan fingerprint density at radius 2 is 1.70 bits per heavy atom. The van der Waals surface area contributed by atoms with Crippen molar-refractivity contribution >= 4 is 0 Å². The number of hydrogen-bond donors (Lipinski definition) is 1. The van der Waals surface area contributed by atoms with Crippen LogP contribution in [0.25, 0.3) is 0 Å². The highest BCUT2D eigenvalue weighted by Crippen LogP contribution is 2.37. The largest absolute Gasteiger partial charge is 0.486 e. The van der Waals surface area contributed by atoms with Gasteiger partial charge in [0.05, 0.1) is 0 Å². The van der Waals surface area contributed by atoms with E-state index < -0.39 is 5.60 Å². The third kappa shape index (κ3) is 2.14. The molecule has 0 spiro atoms. The monoisotopic (exact) mass is 270 g/mol. The van der Waals surface area contributed by atoms with Gasteiger partial charge in [0.15, 0.2) is 11.5 Å². The molecule has 3 heteroatoms. The van der Waals surface area contributed by atoms with E-state index in [0.717, 1.165) is 22.4 Å². The van der Waals surface area contributed by atoms with Crippen LogP contribution in [-0.2, 0) is 5.60 Å². The minimum atomic E-state index is -1.05. The first-order valence-electron chi connectivity index (χ1n) is 6.77. The molecule has 1 N–H and O–H groups in total. The minimum absolute atomic E-state index is 0.545. The van der Waals surface area contributed by atoms with Crippen LogP contribution in [-0.4, -0.2) is 18.3 Å². The summed E-state index contributed by atoms with van der Waals surface area (Å²) in [5, 5.41) is 10.9. The molecule has 1 atom stereocenters. The van der Waals surface area contributed by atoms with Crippen LogP contribution in [0.4, 0.5) is 0 Å². The maximum absolute atomic E-state index is 10.9. The lowest BCUT2D eigenvalue weighted by Crippen LogP contribution is -2.24. The van der Waals surface area contributed by atoms with Crippen LogP contribution in [0, 0.1) is 6.92 Å². The molecule has 0 saturated heterocycles. The smallest absolute Gasteiger partial charge is 0.161 e. The SMILES string of the molecule is Cc1ccccc1C(C)(O)c1ccc2c(c1)OCCO2. The van der Waals surface area contributed by atoms with Gasteiger partial charge in [-0.3, -0.25) is 0 Å². The second-order valence-corrected chi connectivity index (χ2v) is 5.25. The second-order valence-electron chi connectivity index (χ2n) is 5.25. The fourth-order valence-corrected chi connectivity index (χ4v) is 2.62. The van der Waals surface area contributed by atoms with Gasteiger partial charge in [0.2, 0.25) is 0 Å². The topological polar surface area (TPSA) is 38.7 Å². The van der Waals surface area contributed by atoms with Crippen molar-refractivity contribution in [1.29, 1.82) is 0 Å². The Labute approximate surface area is 118 Å². The molecule has 1 heterocycles. The van der Waals surface area contributed by atoms with E-state index in [0.29, 0.717) is 19.0 Å². The van der Waals surface area contributed by atoms with E-state index in [4.69, 9.17) is 9.47 Å². The normalized spacial score (nSPS) is 16.6. The van der Waals surface area contributed by atoms with Gasteiger partial charge in [-0.2, -0.15) is 0 Å². The Hall–Kier alpha value is -2.00. The third-order valence-electron chi connectivity index (χ3n) is 3.77. The number of hydrogen-bond acceptors (Lipinski definition) is 3. The van der Waals surface area contributed by atoms with Crippen molar-refractivity contribution in [2.45, 2.75) is 19.4 Å². The summed E-state index contributed by atoms with van der Waals surface area (Å²) in [5.41, 5.74) is 1.71. The van der Waals surface area contributed by atoms with E-state index in [-0.39, 0.29) is 0 Å². The van der Waals surface area contributed by atoms with Crippen LogP contribution in [0.5, 0.6) is 11.5 Å². The van der Waals surface area contributed by atoms with E-state index in [9.17, 15) is 5.11 Å². The molecule has 0 saturated carbocycles. The number of aryl methyl sites for hydroxylation is 1. The van der Waals surface area contributed by atoms with Crippen molar-refractivity contribution in [3.05, 3.63) is 59.2 Å². The number of ether oxygens (including phenoxy) is 2. The Kier molecular flexibility index (Phi) is 3.14. The lowest BCUT2D eigenvalue weighted by molar-refractivity contribution is 0.100. The zero-order valence-corrected chi connectivity index (χ0v) is 11.7. The maximum atomic E-state index is 10.9. The summed E-state index contributed by atoms with van der Waals surface area (Å²) in [6, 6.07) is 13.5. The van der Waals surface area contributed by atoms with Crippen LogP contribution in [0.1, 0.15) is 23.6 Å². The van der Waals surface area contributed by atoms with Gasteiger partial charge in [0.1, 0.15) is 18.8 Å². The average Bonchev–Trinajstić information content (AvgIpc) is 2.47. The van der Waals surface area contributed by atoms with Crippen molar-refractivity contribution in [1.82, 2.24) is 0 Å². The minimum Gasteiger partial charge on any atom is -0.486 e. The van der Waals surface area contributed by atoms with E-state index in [1.165, 1.54) is 0 Å². The number of benzene rings is 2. The highest BCUT2D eigenvalue weighted by atomic mass is 16.6. The Morgan fingerprint density at radius 3 is 2.45 bits per heavy atom. The summed E-state index contributed by atoms with van der Waals surface area (Å²) in [6.45, 7) is 4.92. The van der Waals surface area contributed by atoms with Crippen LogP contribution in [0.2, 0.25) is 0 Å². The molecule has 3 nitrogen and oxygen atoms in total. The van der Waals surface area contributed by atoms with E-state index >= 15 is 0 Å². The second kappa shape index (κ2) is 4.84. The summed E-state index contributed by atoms with van der Waals surface area (Å²) in [7, 11) is 0. The molecule has 104 valence electrons. The molecule has 3 rings (SSSR count). The molecule has 0 radical (unpaired) electrons. The quantitative estimate of drug-likeness (QED) is 0.911. The first kappa shape index (κ1) is 13.0. The maximum Gasteiger partial charge on any atom is 0.161 e. The molecule has 0 bridgehead atoms. The summed E-state index contributed by atoms with van der Waals surface area (Å²) in [5.74, 6) is 1.43. The zero-order valence-electron chi connectivity index (χ0n) is 11.7. The molecule has 0 aromatic heterocycles. The summed E-state index contributed by atoms with van der Waals surface area (Å²) < 4.78 is 11.1. The Balaban J connectivity index is 2.05. The average molecular weight is 270 g/mol. The number of rotatable bonds is 2. The predicted octanol–water partition coefficient (Wildman–Crippen LogP) is 3.02.